The van der Waals surface area contributed by atoms with Crippen LogP contribution in [0.3, 0.4) is 0 Å². The molecule has 0 radical (unpaired) electrons. The minimum atomic E-state index is -0.224. The molecule has 8 heteroatoms. The predicted octanol–water partition coefficient (Wildman–Crippen LogP) is 4.65. The van der Waals surface area contributed by atoms with Gasteiger partial charge in [-0.25, -0.2) is 0 Å². The van der Waals surface area contributed by atoms with Crippen molar-refractivity contribution in [3.8, 4) is 17.2 Å². The third-order valence-corrected chi connectivity index (χ3v) is 6.61. The molecule has 2 aromatic carbocycles. The molecule has 3 rings (SSSR count). The number of hydrogen-bond donors (Lipinski definition) is 0. The maximum atomic E-state index is 13.5. The van der Waals surface area contributed by atoms with Gasteiger partial charge in [-0.2, -0.15) is 0 Å². The lowest BCUT2D eigenvalue weighted by atomic mass is 10.1. The topological polar surface area (TPSA) is 68.3 Å². The van der Waals surface area contributed by atoms with Crippen LogP contribution in [0, 0.1) is 0 Å². The first-order chi connectivity index (χ1) is 17.4. The number of carbonyl (C=O) groups excluding carboxylic acids is 2. The van der Waals surface area contributed by atoms with E-state index in [0.29, 0.717) is 36.8 Å². The second-order valence-corrected chi connectivity index (χ2v) is 9.58. The highest BCUT2D eigenvalue weighted by atomic mass is 32.1. The third-order valence-electron chi connectivity index (χ3n) is 5.75. The Labute approximate surface area is 217 Å². The van der Waals surface area contributed by atoms with Gasteiger partial charge in [0.1, 0.15) is 12.3 Å². The highest BCUT2D eigenvalue weighted by molar-refractivity contribution is 7.09. The van der Waals surface area contributed by atoms with Crippen LogP contribution in [0.1, 0.15) is 24.3 Å². The van der Waals surface area contributed by atoms with Crippen LogP contribution in [0.4, 0.5) is 0 Å². The molecular formula is C28H34N2O5S. The van der Waals surface area contributed by atoms with E-state index in [9.17, 15) is 9.59 Å². The van der Waals surface area contributed by atoms with Crippen LogP contribution in [0.5, 0.6) is 17.2 Å². The average Bonchev–Trinajstić information content (AvgIpc) is 3.41. The predicted molar refractivity (Wildman–Crippen MR) is 142 cm³/mol. The molecule has 0 unspecified atom stereocenters. The van der Waals surface area contributed by atoms with Crippen LogP contribution >= 0.6 is 11.3 Å². The zero-order valence-electron chi connectivity index (χ0n) is 21.3. The lowest BCUT2D eigenvalue weighted by Crippen LogP contribution is -2.47. The van der Waals surface area contributed by atoms with Crippen molar-refractivity contribution in [1.29, 1.82) is 0 Å². The summed E-state index contributed by atoms with van der Waals surface area (Å²) in [5, 5.41) is 2.00. The fourth-order valence-electron chi connectivity index (χ4n) is 3.73. The fraction of sp³-hybridized carbons (Fsp3) is 0.357. The van der Waals surface area contributed by atoms with Gasteiger partial charge in [0.2, 0.25) is 5.91 Å². The second-order valence-electron chi connectivity index (χ2n) is 8.55. The smallest absolute Gasteiger partial charge is 0.261 e. The zero-order valence-corrected chi connectivity index (χ0v) is 22.1. The Morgan fingerprint density at radius 3 is 2.31 bits per heavy atom. The monoisotopic (exact) mass is 510 g/mol. The van der Waals surface area contributed by atoms with E-state index >= 15 is 0 Å². The molecule has 1 aromatic heterocycles. The first kappa shape index (κ1) is 27.1. The Kier molecular flexibility index (Phi) is 10.2. The Hall–Kier alpha value is -3.52. The van der Waals surface area contributed by atoms with Crippen LogP contribution in [-0.2, 0) is 22.6 Å². The molecule has 192 valence electrons. The van der Waals surface area contributed by atoms with Crippen LogP contribution in [0.2, 0.25) is 0 Å². The van der Waals surface area contributed by atoms with Crippen LogP contribution < -0.4 is 14.2 Å². The van der Waals surface area contributed by atoms with Crippen molar-refractivity contribution in [3.05, 3.63) is 76.5 Å². The van der Waals surface area contributed by atoms with E-state index in [4.69, 9.17) is 14.2 Å². The number of ether oxygens (including phenoxy) is 3. The van der Waals surface area contributed by atoms with E-state index < -0.39 is 0 Å². The van der Waals surface area contributed by atoms with E-state index in [1.807, 2.05) is 72.7 Å². The largest absolute Gasteiger partial charge is 0.493 e. The number of thiophene rings is 1. The summed E-state index contributed by atoms with van der Waals surface area (Å²) in [4.78, 5) is 30.9. The third kappa shape index (κ3) is 7.75. The van der Waals surface area contributed by atoms with Crippen LogP contribution in [-0.4, -0.2) is 61.6 Å². The molecule has 0 aliphatic carbocycles. The lowest BCUT2D eigenvalue weighted by molar-refractivity contribution is -0.143. The summed E-state index contributed by atoms with van der Waals surface area (Å²) >= 11 is 1.61. The molecule has 0 aliphatic heterocycles. The molecule has 3 aromatic rings. The van der Waals surface area contributed by atoms with Crippen molar-refractivity contribution in [2.45, 2.75) is 32.9 Å². The number of benzene rings is 2. The maximum absolute atomic E-state index is 13.5. The Balaban J connectivity index is 1.68. The van der Waals surface area contributed by atoms with Crippen molar-refractivity contribution < 1.29 is 23.8 Å². The van der Waals surface area contributed by atoms with Gasteiger partial charge in [-0.05, 0) is 61.5 Å². The van der Waals surface area contributed by atoms with Crippen molar-refractivity contribution in [3.63, 3.8) is 0 Å². The number of carbonyl (C=O) groups is 2. The van der Waals surface area contributed by atoms with Crippen molar-refractivity contribution in [2.75, 3.05) is 33.9 Å². The van der Waals surface area contributed by atoms with Crippen molar-refractivity contribution >= 4 is 23.2 Å². The lowest BCUT2D eigenvalue weighted by Gasteiger charge is -2.30. The highest BCUT2D eigenvalue weighted by Gasteiger charge is 2.24. The summed E-state index contributed by atoms with van der Waals surface area (Å²) in [7, 11) is 3.21. The van der Waals surface area contributed by atoms with Gasteiger partial charge in [0, 0.05) is 17.5 Å². The standard InChI is InChI=1S/C28H34N2O5S/c1-21(2)30(28(32)20-35-23-9-6-5-7-10-23)19-27(31)29(18-24-11-8-16-36-24)15-14-22-12-13-25(33-3)26(17-22)34-4/h5-13,16-17,21H,14-15,18-20H2,1-4H3. The van der Waals surface area contributed by atoms with E-state index in [1.54, 1.807) is 42.6 Å². The number of hydrogen-bond acceptors (Lipinski definition) is 6. The molecule has 0 N–H and O–H groups in total. The number of para-hydroxylation sites is 1. The number of amides is 2. The number of nitrogens with zero attached hydrogens (tertiary/aromatic N) is 2. The first-order valence-electron chi connectivity index (χ1n) is 11.9. The summed E-state index contributed by atoms with van der Waals surface area (Å²) in [6.07, 6.45) is 0.643. The minimum absolute atomic E-state index is 0.00798. The summed E-state index contributed by atoms with van der Waals surface area (Å²) in [5.41, 5.74) is 1.03. The van der Waals surface area contributed by atoms with Gasteiger partial charge >= 0.3 is 0 Å². The number of rotatable bonds is 13. The van der Waals surface area contributed by atoms with E-state index in [-0.39, 0.29) is 31.0 Å². The number of methoxy groups -OCH3 is 2. The van der Waals surface area contributed by atoms with E-state index in [1.165, 1.54) is 0 Å². The van der Waals surface area contributed by atoms with E-state index in [0.717, 1.165) is 10.4 Å². The Morgan fingerprint density at radius 1 is 0.917 bits per heavy atom. The fourth-order valence-corrected chi connectivity index (χ4v) is 4.45. The molecule has 0 saturated heterocycles. The average molecular weight is 511 g/mol. The summed E-state index contributed by atoms with van der Waals surface area (Å²) < 4.78 is 16.4. The van der Waals surface area contributed by atoms with Gasteiger partial charge in [-0.15, -0.1) is 11.3 Å². The molecule has 7 nitrogen and oxygen atoms in total. The summed E-state index contributed by atoms with van der Waals surface area (Å²) in [6, 6.07) is 18.8. The SMILES string of the molecule is COc1ccc(CCN(Cc2cccs2)C(=O)CN(C(=O)COc2ccccc2)C(C)C)cc1OC. The summed E-state index contributed by atoms with van der Waals surface area (Å²) in [5.74, 6) is 1.61. The molecule has 0 saturated carbocycles. The van der Waals surface area contributed by atoms with Gasteiger partial charge in [0.05, 0.1) is 20.8 Å². The van der Waals surface area contributed by atoms with Gasteiger partial charge in [0.15, 0.2) is 18.1 Å². The first-order valence-corrected chi connectivity index (χ1v) is 12.8. The van der Waals surface area contributed by atoms with Gasteiger partial charge in [-0.3, -0.25) is 9.59 Å². The van der Waals surface area contributed by atoms with E-state index in [2.05, 4.69) is 0 Å². The molecule has 0 aliphatic rings. The Morgan fingerprint density at radius 2 is 1.67 bits per heavy atom. The maximum Gasteiger partial charge on any atom is 0.261 e. The quantitative estimate of drug-likeness (QED) is 0.335. The van der Waals surface area contributed by atoms with Crippen LogP contribution in [0.15, 0.2) is 66.0 Å². The van der Waals surface area contributed by atoms with Crippen molar-refractivity contribution in [1.82, 2.24) is 9.80 Å². The second kappa shape index (κ2) is 13.5. The molecule has 36 heavy (non-hydrogen) atoms. The minimum Gasteiger partial charge on any atom is -0.493 e. The molecule has 0 spiro atoms. The molecular weight excluding hydrogens is 476 g/mol. The van der Waals surface area contributed by atoms with Crippen molar-refractivity contribution in [2.24, 2.45) is 0 Å². The van der Waals surface area contributed by atoms with Crippen LogP contribution in [0.25, 0.3) is 0 Å². The Bertz CT molecular complexity index is 1100. The van der Waals surface area contributed by atoms with Gasteiger partial charge in [-0.1, -0.05) is 30.3 Å². The summed E-state index contributed by atoms with van der Waals surface area (Å²) in [6.45, 7) is 4.68. The molecule has 0 atom stereocenters. The molecule has 2 amide bonds. The van der Waals surface area contributed by atoms with Gasteiger partial charge in [0.25, 0.3) is 5.91 Å². The zero-order chi connectivity index (χ0) is 25.9. The molecule has 1 heterocycles. The normalized spacial score (nSPS) is 10.7. The molecule has 0 fully saturated rings. The highest BCUT2D eigenvalue weighted by Crippen LogP contribution is 2.28. The van der Waals surface area contributed by atoms with Gasteiger partial charge < -0.3 is 24.0 Å². The molecule has 0 bridgehead atoms.